The average Bonchev–Trinajstić information content (AvgIpc) is 2.78. The highest BCUT2D eigenvalue weighted by Crippen LogP contribution is 2.22. The first kappa shape index (κ1) is 26.7. The molecule has 1 aromatic carbocycles. The van der Waals surface area contributed by atoms with Crippen LogP contribution >= 0.6 is 0 Å². The fraction of sp³-hybridized carbons (Fsp3) is 0.391. The molecule has 0 saturated heterocycles. The molecular weight excluding hydrogens is 414 g/mol. The number of aromatic hydroxyl groups is 1. The zero-order valence-corrected chi connectivity index (χ0v) is 18.5. The molecular formula is C23H31N3O6. The Morgan fingerprint density at radius 1 is 1.19 bits per heavy atom. The molecule has 2 aromatic rings. The van der Waals surface area contributed by atoms with E-state index >= 15 is 0 Å². The van der Waals surface area contributed by atoms with Gasteiger partial charge in [0.2, 0.25) is 0 Å². The summed E-state index contributed by atoms with van der Waals surface area (Å²) in [6.45, 7) is 5.05. The van der Waals surface area contributed by atoms with Gasteiger partial charge in [-0.25, -0.2) is 4.79 Å². The van der Waals surface area contributed by atoms with E-state index in [1.807, 2.05) is 44.2 Å². The summed E-state index contributed by atoms with van der Waals surface area (Å²) in [7, 11) is 0. The smallest absolute Gasteiger partial charge is 0.328 e. The Hall–Kier alpha value is -3.30. The summed E-state index contributed by atoms with van der Waals surface area (Å²) in [4.78, 5) is 29.6. The lowest BCUT2D eigenvalue weighted by Crippen LogP contribution is -2.36. The lowest BCUT2D eigenvalue weighted by molar-refractivity contribution is -0.140. The van der Waals surface area contributed by atoms with Crippen LogP contribution in [0.2, 0.25) is 0 Å². The first-order valence-corrected chi connectivity index (χ1v) is 10.2. The van der Waals surface area contributed by atoms with E-state index in [0.29, 0.717) is 16.8 Å². The van der Waals surface area contributed by atoms with Crippen molar-refractivity contribution in [3.63, 3.8) is 0 Å². The Morgan fingerprint density at radius 2 is 1.81 bits per heavy atom. The van der Waals surface area contributed by atoms with Crippen molar-refractivity contribution in [2.75, 3.05) is 0 Å². The zero-order chi connectivity index (χ0) is 24.3. The van der Waals surface area contributed by atoms with Crippen molar-refractivity contribution in [2.24, 2.45) is 16.6 Å². The molecule has 6 N–H and O–H groups in total. The summed E-state index contributed by atoms with van der Waals surface area (Å²) in [5.41, 5.74) is 7.20. The largest absolute Gasteiger partial charge is 0.505 e. The third kappa shape index (κ3) is 8.09. The number of pyridine rings is 1. The molecule has 0 amide bonds. The molecule has 32 heavy (non-hydrogen) atoms. The van der Waals surface area contributed by atoms with E-state index < -0.39 is 24.0 Å². The Kier molecular flexibility index (Phi) is 11.0. The van der Waals surface area contributed by atoms with Crippen LogP contribution in [0.15, 0.2) is 41.5 Å². The van der Waals surface area contributed by atoms with E-state index in [1.54, 1.807) is 6.92 Å². The molecule has 9 heteroatoms. The third-order valence-electron chi connectivity index (χ3n) is 5.01. The van der Waals surface area contributed by atoms with Crippen LogP contribution in [0.4, 0.5) is 0 Å². The van der Waals surface area contributed by atoms with Gasteiger partial charge in [0.25, 0.3) is 0 Å². The van der Waals surface area contributed by atoms with Gasteiger partial charge in [0.1, 0.15) is 11.8 Å². The highest BCUT2D eigenvalue weighted by Gasteiger charge is 2.18. The molecule has 2 rings (SSSR count). The minimum Gasteiger partial charge on any atom is -0.505 e. The fourth-order valence-corrected chi connectivity index (χ4v) is 2.63. The van der Waals surface area contributed by atoms with Crippen molar-refractivity contribution in [1.29, 1.82) is 0 Å². The van der Waals surface area contributed by atoms with Gasteiger partial charge in [-0.1, -0.05) is 50.6 Å². The monoisotopic (exact) mass is 445 g/mol. The normalized spacial score (nSPS) is 13.7. The number of aryl methyl sites for hydroxylation is 1. The van der Waals surface area contributed by atoms with Crippen LogP contribution in [0.3, 0.4) is 0 Å². The number of benzene rings is 1. The molecule has 0 aliphatic carbocycles. The van der Waals surface area contributed by atoms with Crippen LogP contribution in [0.1, 0.15) is 42.7 Å². The maximum Gasteiger partial charge on any atom is 0.328 e. The average molecular weight is 446 g/mol. The quantitative estimate of drug-likeness (QED) is 0.366. The molecule has 0 aliphatic heterocycles. The van der Waals surface area contributed by atoms with Gasteiger partial charge in [0.05, 0.1) is 12.3 Å². The van der Waals surface area contributed by atoms with Crippen LogP contribution in [0, 0.1) is 12.8 Å². The summed E-state index contributed by atoms with van der Waals surface area (Å²) < 4.78 is 0. The van der Waals surface area contributed by atoms with E-state index in [1.165, 1.54) is 12.4 Å². The number of aromatic nitrogens is 1. The number of carboxylic acids is 2. The first-order chi connectivity index (χ1) is 15.1. The maximum absolute atomic E-state index is 11.4. The number of carboxylic acid groups (broad SMARTS) is 2. The Labute approximate surface area is 187 Å². The number of aliphatic imine (C=N–C) groups is 1. The standard InChI is InChI=1S/C17H18N2O4.C6H13NO2/c1-11-16(21)14(13(10-20)8-18-11)9-19-15(17(22)23)7-12-5-3-2-4-6-12;1-3-4(2)5(7)6(8)9/h2-6,8-9,15,20-21H,7,10H2,1H3,(H,22,23);4-5H,3,7H2,1-2H3,(H,8,9)/t15-;4-,5-/m00/s1. The number of aliphatic carboxylic acids is 2. The molecule has 0 radical (unpaired) electrons. The number of aliphatic hydroxyl groups excluding tert-OH is 1. The Morgan fingerprint density at radius 3 is 2.28 bits per heavy atom. The van der Waals surface area contributed by atoms with Gasteiger partial charge in [-0.3, -0.25) is 14.8 Å². The summed E-state index contributed by atoms with van der Waals surface area (Å²) in [5, 5.41) is 37.0. The van der Waals surface area contributed by atoms with E-state index in [2.05, 4.69) is 9.98 Å². The van der Waals surface area contributed by atoms with Crippen molar-refractivity contribution >= 4 is 18.2 Å². The minimum atomic E-state index is -1.05. The molecule has 3 atom stereocenters. The number of rotatable bonds is 9. The molecule has 1 aromatic heterocycles. The van der Waals surface area contributed by atoms with Gasteiger partial charge in [0, 0.05) is 30.0 Å². The maximum atomic E-state index is 11.4. The van der Waals surface area contributed by atoms with Crippen LogP contribution in [-0.2, 0) is 22.6 Å². The highest BCUT2D eigenvalue weighted by atomic mass is 16.4. The second-order valence-electron chi connectivity index (χ2n) is 7.36. The van der Waals surface area contributed by atoms with Crippen molar-refractivity contribution in [2.45, 2.75) is 52.3 Å². The van der Waals surface area contributed by atoms with E-state index in [-0.39, 0.29) is 24.7 Å². The molecule has 9 nitrogen and oxygen atoms in total. The lowest BCUT2D eigenvalue weighted by Gasteiger charge is -2.11. The molecule has 0 unspecified atom stereocenters. The molecule has 0 fully saturated rings. The third-order valence-corrected chi connectivity index (χ3v) is 5.01. The van der Waals surface area contributed by atoms with Gasteiger partial charge in [-0.2, -0.15) is 0 Å². The van der Waals surface area contributed by atoms with Crippen LogP contribution in [-0.4, -0.2) is 55.6 Å². The number of nitrogens with two attached hydrogens (primary N) is 1. The summed E-state index contributed by atoms with van der Waals surface area (Å²) in [5.74, 6) is -2.00. The second kappa shape index (κ2) is 13.2. The summed E-state index contributed by atoms with van der Waals surface area (Å²) in [6, 6.07) is 7.51. The molecule has 174 valence electrons. The van der Waals surface area contributed by atoms with Gasteiger partial charge < -0.3 is 26.2 Å². The van der Waals surface area contributed by atoms with E-state index in [0.717, 1.165) is 12.0 Å². The number of hydrogen-bond donors (Lipinski definition) is 5. The number of aliphatic hydroxyl groups is 1. The van der Waals surface area contributed by atoms with Crippen molar-refractivity contribution in [1.82, 2.24) is 4.98 Å². The topological polar surface area (TPSA) is 166 Å². The predicted octanol–water partition coefficient (Wildman–Crippen LogP) is 2.15. The summed E-state index contributed by atoms with van der Waals surface area (Å²) >= 11 is 0. The highest BCUT2D eigenvalue weighted by molar-refractivity contribution is 5.88. The van der Waals surface area contributed by atoms with E-state index in [9.17, 15) is 24.9 Å². The number of hydrogen-bond acceptors (Lipinski definition) is 7. The van der Waals surface area contributed by atoms with Gasteiger partial charge >= 0.3 is 11.9 Å². The second-order valence-corrected chi connectivity index (χ2v) is 7.36. The molecule has 0 saturated carbocycles. The van der Waals surface area contributed by atoms with Crippen molar-refractivity contribution in [3.05, 3.63) is 58.9 Å². The SMILES string of the molecule is CC[C@H](C)[C@H](N)C(=O)O.Cc1ncc(CO)c(C=N[C@@H](Cc2ccccc2)C(=O)O)c1O. The fourth-order valence-electron chi connectivity index (χ4n) is 2.63. The Balaban J connectivity index is 0.000000482. The van der Waals surface area contributed by atoms with Crippen LogP contribution in [0.5, 0.6) is 5.75 Å². The van der Waals surface area contributed by atoms with Gasteiger partial charge in [-0.05, 0) is 18.4 Å². The van der Waals surface area contributed by atoms with Crippen LogP contribution < -0.4 is 5.73 Å². The number of nitrogens with zero attached hydrogens (tertiary/aromatic N) is 2. The molecule has 0 aliphatic rings. The van der Waals surface area contributed by atoms with Crippen molar-refractivity contribution in [3.8, 4) is 5.75 Å². The first-order valence-electron chi connectivity index (χ1n) is 10.2. The number of carbonyl (C=O) groups is 2. The summed E-state index contributed by atoms with van der Waals surface area (Å²) in [6.07, 6.45) is 3.78. The Bertz CT molecular complexity index is 917. The van der Waals surface area contributed by atoms with E-state index in [4.69, 9.17) is 10.8 Å². The van der Waals surface area contributed by atoms with Gasteiger partial charge in [-0.15, -0.1) is 0 Å². The molecule has 0 bridgehead atoms. The predicted molar refractivity (Wildman–Crippen MR) is 121 cm³/mol. The van der Waals surface area contributed by atoms with Gasteiger partial charge in [0.15, 0.2) is 6.04 Å². The lowest BCUT2D eigenvalue weighted by atomic mass is 10.0. The van der Waals surface area contributed by atoms with Crippen LogP contribution in [0.25, 0.3) is 0 Å². The minimum absolute atomic E-state index is 0.0718. The molecule has 0 spiro atoms. The van der Waals surface area contributed by atoms with Crippen molar-refractivity contribution < 1.29 is 30.0 Å². The zero-order valence-electron chi connectivity index (χ0n) is 18.5. The molecule has 1 heterocycles.